The maximum atomic E-state index is 12.3. The van der Waals surface area contributed by atoms with E-state index in [1.165, 1.54) is 0 Å². The third-order valence-electron chi connectivity index (χ3n) is 2.81. The number of carbonyl (C=O) groups excluding carboxylic acids is 1. The fraction of sp³-hybridized carbons (Fsp3) is 0.400. The molecule has 0 saturated heterocycles. The number of carbonyl (C=O) groups is 1. The Bertz CT molecular complexity index is 518. The van der Waals surface area contributed by atoms with Gasteiger partial charge in [0.2, 0.25) is 0 Å². The Morgan fingerprint density at radius 3 is 2.80 bits per heavy atom. The van der Waals surface area contributed by atoms with E-state index in [-0.39, 0.29) is 19.1 Å². The van der Waals surface area contributed by atoms with Gasteiger partial charge < -0.3 is 20.5 Å². The second-order valence-corrected chi connectivity index (χ2v) is 4.03. The minimum Gasteiger partial charge on any atom is -0.495 e. The summed E-state index contributed by atoms with van der Waals surface area (Å²) in [6.07, 6.45) is 0. The Balaban J connectivity index is 3.10. The molecule has 108 valence electrons. The summed E-state index contributed by atoms with van der Waals surface area (Å²) in [5.74, 6) is 6.10. The molecule has 0 radical (unpaired) electrons. The maximum absolute atomic E-state index is 12.3. The number of methoxy groups -OCH3 is 1. The van der Waals surface area contributed by atoms with Crippen LogP contribution in [-0.2, 0) is 0 Å². The van der Waals surface area contributed by atoms with Crippen LogP contribution in [0.3, 0.4) is 0 Å². The number of hydrogen-bond acceptors (Lipinski definition) is 4. The number of ether oxygens (including phenoxy) is 1. The molecular weight excluding hydrogens is 256 g/mol. The molecule has 0 aliphatic carbocycles. The predicted molar refractivity (Wildman–Crippen MR) is 77.6 cm³/mol. The van der Waals surface area contributed by atoms with E-state index in [1.54, 1.807) is 30.2 Å². The summed E-state index contributed by atoms with van der Waals surface area (Å²) >= 11 is 0. The molecule has 0 atom stereocenters. The van der Waals surface area contributed by atoms with E-state index in [1.807, 2.05) is 6.92 Å². The van der Waals surface area contributed by atoms with Crippen LogP contribution in [0.4, 0.5) is 0 Å². The minimum atomic E-state index is -0.139. The fourth-order valence-electron chi connectivity index (χ4n) is 1.79. The molecule has 1 rings (SSSR count). The highest BCUT2D eigenvalue weighted by Gasteiger charge is 2.15. The van der Waals surface area contributed by atoms with Gasteiger partial charge in [0.05, 0.1) is 25.8 Å². The summed E-state index contributed by atoms with van der Waals surface area (Å²) < 4.78 is 5.20. The van der Waals surface area contributed by atoms with Gasteiger partial charge in [0.1, 0.15) is 5.75 Å². The zero-order valence-electron chi connectivity index (χ0n) is 11.8. The molecule has 1 aromatic rings. The van der Waals surface area contributed by atoms with Crippen molar-refractivity contribution in [1.29, 1.82) is 0 Å². The first-order chi connectivity index (χ1) is 9.67. The quantitative estimate of drug-likeness (QED) is 0.766. The van der Waals surface area contributed by atoms with Crippen molar-refractivity contribution in [3.8, 4) is 17.6 Å². The largest absolute Gasteiger partial charge is 0.495 e. The molecule has 5 nitrogen and oxygen atoms in total. The van der Waals surface area contributed by atoms with Crippen molar-refractivity contribution in [1.82, 2.24) is 4.90 Å². The van der Waals surface area contributed by atoms with Crippen molar-refractivity contribution >= 4 is 5.91 Å². The molecule has 0 heterocycles. The number of rotatable bonds is 5. The second kappa shape index (κ2) is 8.20. The molecule has 1 amide bonds. The number of hydrogen-bond donors (Lipinski definition) is 2. The Hall–Kier alpha value is -2.03. The Labute approximate surface area is 119 Å². The van der Waals surface area contributed by atoms with Crippen LogP contribution >= 0.6 is 0 Å². The molecule has 1 aromatic carbocycles. The number of nitrogens with zero attached hydrogens (tertiary/aromatic N) is 1. The van der Waals surface area contributed by atoms with Gasteiger partial charge >= 0.3 is 0 Å². The SMILES string of the molecule is CCN(CCO)C(=O)c1ccc(OC)c(C#CCN)c1. The molecule has 0 unspecified atom stereocenters. The zero-order valence-corrected chi connectivity index (χ0v) is 11.8. The molecular formula is C15H20N2O3. The predicted octanol–water partition coefficient (Wildman–Crippen LogP) is 0.460. The average molecular weight is 276 g/mol. The van der Waals surface area contributed by atoms with Crippen molar-refractivity contribution in [3.63, 3.8) is 0 Å². The Kier molecular flexibility index (Phi) is 6.57. The molecule has 0 fully saturated rings. The molecule has 0 bridgehead atoms. The number of benzene rings is 1. The minimum absolute atomic E-state index is 0.0599. The molecule has 0 spiro atoms. The molecule has 0 aliphatic rings. The third-order valence-corrected chi connectivity index (χ3v) is 2.81. The molecule has 0 aromatic heterocycles. The van der Waals surface area contributed by atoms with Gasteiger partial charge in [-0.25, -0.2) is 0 Å². The van der Waals surface area contributed by atoms with Crippen molar-refractivity contribution < 1.29 is 14.6 Å². The average Bonchev–Trinajstić information content (AvgIpc) is 2.49. The van der Waals surface area contributed by atoms with Gasteiger partial charge in [-0.15, -0.1) is 0 Å². The molecule has 20 heavy (non-hydrogen) atoms. The van der Waals surface area contributed by atoms with E-state index < -0.39 is 0 Å². The van der Waals surface area contributed by atoms with Crippen molar-refractivity contribution in [2.75, 3.05) is 33.4 Å². The van der Waals surface area contributed by atoms with Gasteiger partial charge in [0.25, 0.3) is 5.91 Å². The van der Waals surface area contributed by atoms with Gasteiger partial charge in [0.15, 0.2) is 0 Å². The van der Waals surface area contributed by atoms with Crippen molar-refractivity contribution in [3.05, 3.63) is 29.3 Å². The van der Waals surface area contributed by atoms with E-state index in [0.717, 1.165) is 0 Å². The van der Waals surface area contributed by atoms with Crippen LogP contribution in [0.2, 0.25) is 0 Å². The van der Waals surface area contributed by atoms with Crippen LogP contribution in [-0.4, -0.2) is 49.3 Å². The molecule has 5 heteroatoms. The summed E-state index contributed by atoms with van der Waals surface area (Å²) in [5, 5.41) is 8.97. The standard InChI is InChI=1S/C15H20N2O3/c1-3-17(9-10-18)15(19)13-6-7-14(20-2)12(11-13)5-4-8-16/h6-7,11,18H,3,8-10,16H2,1-2H3. The fourth-order valence-corrected chi connectivity index (χ4v) is 1.79. The lowest BCUT2D eigenvalue weighted by molar-refractivity contribution is 0.0732. The van der Waals surface area contributed by atoms with Crippen LogP contribution in [0, 0.1) is 11.8 Å². The second-order valence-electron chi connectivity index (χ2n) is 4.03. The van der Waals surface area contributed by atoms with Crippen LogP contribution in [0.1, 0.15) is 22.8 Å². The van der Waals surface area contributed by atoms with Crippen molar-refractivity contribution in [2.45, 2.75) is 6.92 Å². The van der Waals surface area contributed by atoms with E-state index in [0.29, 0.717) is 30.0 Å². The maximum Gasteiger partial charge on any atom is 0.253 e. The smallest absolute Gasteiger partial charge is 0.253 e. The van der Waals surface area contributed by atoms with E-state index in [4.69, 9.17) is 15.6 Å². The van der Waals surface area contributed by atoms with E-state index in [9.17, 15) is 4.79 Å². The first-order valence-corrected chi connectivity index (χ1v) is 6.45. The van der Waals surface area contributed by atoms with Crippen molar-refractivity contribution in [2.24, 2.45) is 5.73 Å². The number of amides is 1. The van der Waals surface area contributed by atoms with E-state index >= 15 is 0 Å². The summed E-state index contributed by atoms with van der Waals surface area (Å²) in [6.45, 7) is 2.90. The highest BCUT2D eigenvalue weighted by atomic mass is 16.5. The third kappa shape index (κ3) is 3.98. The summed E-state index contributed by atoms with van der Waals surface area (Å²) in [7, 11) is 1.55. The topological polar surface area (TPSA) is 75.8 Å². The zero-order chi connectivity index (χ0) is 15.0. The van der Waals surface area contributed by atoms with Gasteiger partial charge in [0, 0.05) is 18.7 Å². The molecule has 0 aliphatic heterocycles. The van der Waals surface area contributed by atoms with Gasteiger partial charge in [-0.1, -0.05) is 11.8 Å². The number of aliphatic hydroxyl groups is 1. The summed E-state index contributed by atoms with van der Waals surface area (Å²) in [6, 6.07) is 5.08. The van der Waals surface area contributed by atoms with Gasteiger partial charge in [-0.2, -0.15) is 0 Å². The lowest BCUT2D eigenvalue weighted by Gasteiger charge is -2.20. The number of nitrogens with two attached hydrogens (primary N) is 1. The van der Waals surface area contributed by atoms with Gasteiger partial charge in [-0.05, 0) is 25.1 Å². The summed E-state index contributed by atoms with van der Waals surface area (Å²) in [5.41, 5.74) is 6.50. The normalized spacial score (nSPS) is 9.60. The Morgan fingerprint density at radius 2 is 2.25 bits per heavy atom. The van der Waals surface area contributed by atoms with Gasteiger partial charge in [-0.3, -0.25) is 4.79 Å². The first kappa shape index (κ1) is 16.0. The highest BCUT2D eigenvalue weighted by molar-refractivity contribution is 5.94. The van der Waals surface area contributed by atoms with E-state index in [2.05, 4.69) is 11.8 Å². The van der Waals surface area contributed by atoms with Crippen LogP contribution < -0.4 is 10.5 Å². The summed E-state index contributed by atoms with van der Waals surface area (Å²) in [4.78, 5) is 13.9. The lowest BCUT2D eigenvalue weighted by Crippen LogP contribution is -2.33. The number of aliphatic hydroxyl groups excluding tert-OH is 1. The van der Waals surface area contributed by atoms with Crippen LogP contribution in [0.5, 0.6) is 5.75 Å². The molecule has 3 N–H and O–H groups in total. The first-order valence-electron chi connectivity index (χ1n) is 6.45. The highest BCUT2D eigenvalue weighted by Crippen LogP contribution is 2.19. The monoisotopic (exact) mass is 276 g/mol. The van der Waals surface area contributed by atoms with Crippen LogP contribution in [0.25, 0.3) is 0 Å². The number of likely N-dealkylation sites (N-methyl/N-ethyl adjacent to an activating group) is 1. The van der Waals surface area contributed by atoms with Crippen LogP contribution in [0.15, 0.2) is 18.2 Å². The molecule has 0 saturated carbocycles. The Morgan fingerprint density at radius 1 is 1.50 bits per heavy atom. The lowest BCUT2D eigenvalue weighted by atomic mass is 10.1.